The molecule has 4 heteroatoms. The number of rotatable bonds is 2. The molecule has 0 amide bonds. The Hall–Kier alpha value is -1.71. The lowest BCUT2D eigenvalue weighted by Crippen LogP contribution is -1.87. The largest absolute Gasteiger partial charge is 0.478 e. The number of hydrogen-bond donors (Lipinski definition) is 1. The number of halogens is 1. The van der Waals surface area contributed by atoms with Gasteiger partial charge in [-0.2, -0.15) is 0 Å². The maximum absolute atomic E-state index is 12.7. The van der Waals surface area contributed by atoms with Gasteiger partial charge in [-0.3, -0.25) is 4.98 Å². The predicted octanol–water partition coefficient (Wildman–Crippen LogP) is 1.32. The summed E-state index contributed by atoms with van der Waals surface area (Å²) < 4.78 is 12.7. The molecule has 0 radical (unpaired) electrons. The molecule has 0 bridgehead atoms. The zero-order valence-electron chi connectivity index (χ0n) is 6.07. The van der Waals surface area contributed by atoms with Crippen LogP contribution in [0.25, 0.3) is 6.08 Å². The van der Waals surface area contributed by atoms with Gasteiger partial charge in [-0.1, -0.05) is 0 Å². The highest BCUT2D eigenvalue weighted by molar-refractivity contribution is 5.85. The van der Waals surface area contributed by atoms with Crippen LogP contribution in [0.4, 0.5) is 4.39 Å². The lowest BCUT2D eigenvalue weighted by Gasteiger charge is -1.92. The molecule has 1 heterocycles. The second-order valence-electron chi connectivity index (χ2n) is 2.07. The fourth-order valence-corrected chi connectivity index (χ4v) is 0.682. The van der Waals surface area contributed by atoms with Crippen LogP contribution >= 0.6 is 0 Å². The number of hydrogen-bond acceptors (Lipinski definition) is 2. The topological polar surface area (TPSA) is 50.2 Å². The van der Waals surface area contributed by atoms with Crippen molar-refractivity contribution in [3.63, 3.8) is 0 Å². The highest BCUT2D eigenvalue weighted by atomic mass is 19.1. The van der Waals surface area contributed by atoms with Crippen LogP contribution in [0.3, 0.4) is 0 Å². The molecule has 0 atom stereocenters. The predicted molar refractivity (Wildman–Crippen MR) is 40.9 cm³/mol. The second-order valence-corrected chi connectivity index (χ2v) is 2.07. The van der Waals surface area contributed by atoms with Gasteiger partial charge in [0.1, 0.15) is 5.82 Å². The molecule has 1 aromatic heterocycles. The molecule has 0 fully saturated rings. The van der Waals surface area contributed by atoms with E-state index in [4.69, 9.17) is 5.11 Å². The van der Waals surface area contributed by atoms with E-state index >= 15 is 0 Å². The zero-order chi connectivity index (χ0) is 8.97. The lowest BCUT2D eigenvalue weighted by molar-refractivity contribution is -0.131. The minimum Gasteiger partial charge on any atom is -0.478 e. The smallest absolute Gasteiger partial charge is 0.328 e. The third kappa shape index (κ3) is 2.16. The van der Waals surface area contributed by atoms with Crippen molar-refractivity contribution in [2.75, 3.05) is 0 Å². The van der Waals surface area contributed by atoms with Crippen molar-refractivity contribution in [1.82, 2.24) is 4.98 Å². The van der Waals surface area contributed by atoms with E-state index in [2.05, 4.69) is 4.98 Å². The van der Waals surface area contributed by atoms with E-state index < -0.39 is 11.8 Å². The minimum absolute atomic E-state index is 0.215. The first-order chi connectivity index (χ1) is 5.70. The number of aromatic nitrogens is 1. The number of nitrogens with zero attached hydrogens (tertiary/aromatic N) is 1. The molecule has 0 aromatic carbocycles. The van der Waals surface area contributed by atoms with Crippen LogP contribution in [0.2, 0.25) is 0 Å². The molecule has 0 unspecified atom stereocenters. The Balaban J connectivity index is 2.89. The molecular formula is C8H6FNO2. The monoisotopic (exact) mass is 167 g/mol. The van der Waals surface area contributed by atoms with Gasteiger partial charge in [0.25, 0.3) is 0 Å². The Morgan fingerprint density at radius 1 is 1.67 bits per heavy atom. The molecule has 0 aliphatic rings. The molecule has 0 aliphatic heterocycles. The van der Waals surface area contributed by atoms with Gasteiger partial charge < -0.3 is 5.11 Å². The van der Waals surface area contributed by atoms with Crippen LogP contribution in [0.1, 0.15) is 5.56 Å². The summed E-state index contributed by atoms with van der Waals surface area (Å²) in [6, 6.07) is 1.40. The van der Waals surface area contributed by atoms with Crippen molar-refractivity contribution >= 4 is 12.0 Å². The van der Waals surface area contributed by atoms with E-state index in [-0.39, 0.29) is 5.56 Å². The van der Waals surface area contributed by atoms with Crippen LogP contribution in [-0.2, 0) is 4.79 Å². The highest BCUT2D eigenvalue weighted by Gasteiger charge is 1.96. The normalized spacial score (nSPS) is 10.4. The van der Waals surface area contributed by atoms with Crippen molar-refractivity contribution in [3.8, 4) is 0 Å². The molecule has 1 rings (SSSR count). The van der Waals surface area contributed by atoms with Crippen LogP contribution in [-0.4, -0.2) is 16.1 Å². The van der Waals surface area contributed by atoms with Gasteiger partial charge in [-0.25, -0.2) is 9.18 Å². The summed E-state index contributed by atoms with van der Waals surface area (Å²) in [4.78, 5) is 13.6. The van der Waals surface area contributed by atoms with E-state index in [0.29, 0.717) is 0 Å². The highest BCUT2D eigenvalue weighted by Crippen LogP contribution is 2.05. The number of carboxylic acids is 1. The Morgan fingerprint density at radius 3 is 3.00 bits per heavy atom. The first-order valence-electron chi connectivity index (χ1n) is 3.20. The maximum atomic E-state index is 12.7. The van der Waals surface area contributed by atoms with Gasteiger partial charge in [0.15, 0.2) is 0 Å². The molecule has 0 saturated heterocycles. The van der Waals surface area contributed by atoms with Gasteiger partial charge in [-0.15, -0.1) is 0 Å². The molecular weight excluding hydrogens is 161 g/mol. The summed E-state index contributed by atoms with van der Waals surface area (Å²) in [5.74, 6) is -1.64. The quantitative estimate of drug-likeness (QED) is 0.676. The Kier molecular flexibility index (Phi) is 2.53. The number of carboxylic acid groups (broad SMARTS) is 1. The molecule has 3 nitrogen and oxygen atoms in total. The zero-order valence-corrected chi connectivity index (χ0v) is 6.07. The molecule has 12 heavy (non-hydrogen) atoms. The summed E-state index contributed by atoms with van der Waals surface area (Å²) in [6.07, 6.45) is 4.48. The van der Waals surface area contributed by atoms with Crippen LogP contribution in [0.5, 0.6) is 0 Å². The van der Waals surface area contributed by atoms with Crippen molar-refractivity contribution < 1.29 is 14.3 Å². The maximum Gasteiger partial charge on any atom is 0.328 e. The van der Waals surface area contributed by atoms with Gasteiger partial charge in [0.05, 0.1) is 6.20 Å². The fraction of sp³-hybridized carbons (Fsp3) is 0. The van der Waals surface area contributed by atoms with Crippen LogP contribution in [0.15, 0.2) is 24.5 Å². The fourth-order valence-electron chi connectivity index (χ4n) is 0.682. The van der Waals surface area contributed by atoms with E-state index in [0.717, 1.165) is 12.3 Å². The molecule has 0 saturated carbocycles. The number of pyridine rings is 1. The van der Waals surface area contributed by atoms with E-state index in [1.54, 1.807) is 0 Å². The molecule has 62 valence electrons. The third-order valence-corrected chi connectivity index (χ3v) is 1.21. The number of carbonyl (C=O) groups is 1. The van der Waals surface area contributed by atoms with Crippen LogP contribution in [0, 0.1) is 5.82 Å². The Labute approximate surface area is 68.2 Å². The average Bonchev–Trinajstić information content (AvgIpc) is 2.03. The Morgan fingerprint density at radius 2 is 2.42 bits per heavy atom. The first kappa shape index (κ1) is 8.39. The van der Waals surface area contributed by atoms with Gasteiger partial charge in [0, 0.05) is 17.8 Å². The molecule has 1 N–H and O–H groups in total. The molecule has 0 spiro atoms. The average molecular weight is 167 g/mol. The second kappa shape index (κ2) is 3.61. The Bertz CT molecular complexity index is 323. The van der Waals surface area contributed by atoms with Gasteiger partial charge >= 0.3 is 5.97 Å². The standard InChI is InChI=1S/C8H6FNO2/c9-7-5-10-4-3-6(7)1-2-8(11)12/h1-5H,(H,11,12). The molecule has 0 aliphatic carbocycles. The van der Waals surface area contributed by atoms with Crippen LogP contribution < -0.4 is 0 Å². The van der Waals surface area contributed by atoms with E-state index in [1.807, 2.05) is 0 Å². The summed E-state index contributed by atoms with van der Waals surface area (Å²) >= 11 is 0. The van der Waals surface area contributed by atoms with Crippen molar-refractivity contribution in [1.29, 1.82) is 0 Å². The van der Waals surface area contributed by atoms with E-state index in [9.17, 15) is 9.18 Å². The summed E-state index contributed by atoms with van der Waals surface area (Å²) in [5, 5.41) is 8.24. The summed E-state index contributed by atoms with van der Waals surface area (Å²) in [7, 11) is 0. The molecule has 1 aromatic rings. The van der Waals surface area contributed by atoms with E-state index in [1.165, 1.54) is 18.3 Å². The lowest BCUT2D eigenvalue weighted by atomic mass is 10.2. The van der Waals surface area contributed by atoms with Crippen molar-refractivity contribution in [2.24, 2.45) is 0 Å². The first-order valence-corrected chi connectivity index (χ1v) is 3.20. The van der Waals surface area contributed by atoms with Crippen molar-refractivity contribution in [3.05, 3.63) is 35.9 Å². The van der Waals surface area contributed by atoms with Gasteiger partial charge in [-0.05, 0) is 12.1 Å². The minimum atomic E-state index is -1.11. The van der Waals surface area contributed by atoms with Crippen molar-refractivity contribution in [2.45, 2.75) is 0 Å². The SMILES string of the molecule is O=C(O)C=Cc1ccncc1F. The van der Waals surface area contributed by atoms with Gasteiger partial charge in [0.2, 0.25) is 0 Å². The summed E-state index contributed by atoms with van der Waals surface area (Å²) in [6.45, 7) is 0. The third-order valence-electron chi connectivity index (χ3n) is 1.21. The number of aliphatic carboxylic acids is 1. The summed E-state index contributed by atoms with van der Waals surface area (Å²) in [5.41, 5.74) is 0.215.